The van der Waals surface area contributed by atoms with Crippen molar-refractivity contribution in [3.05, 3.63) is 80.5 Å². The fraction of sp³-hybridized carbons (Fsp3) is 0.0526. The van der Waals surface area contributed by atoms with Gasteiger partial charge >= 0.3 is 5.69 Å². The number of hydrogen-bond donors (Lipinski definition) is 1. The number of rotatable bonds is 6. The first-order chi connectivity index (χ1) is 15.4. The Kier molecular flexibility index (Phi) is 5.72. The summed E-state index contributed by atoms with van der Waals surface area (Å²) in [5, 5.41) is 37.9. The summed E-state index contributed by atoms with van der Waals surface area (Å²) in [5.41, 5.74) is 0.906. The van der Waals surface area contributed by atoms with Crippen LogP contribution in [0, 0.1) is 20.2 Å². The average Bonchev–Trinajstić information content (AvgIpc) is 3.40. The van der Waals surface area contributed by atoms with Crippen LogP contribution in [-0.2, 0) is 4.79 Å². The lowest BCUT2D eigenvalue weighted by molar-refractivity contribution is -0.394. The number of hydrogen-bond acceptors (Lipinski definition) is 9. The molecule has 13 heteroatoms. The predicted octanol–water partition coefficient (Wildman–Crippen LogP) is 2.91. The normalized spacial score (nSPS) is 14.8. The first-order valence-electron chi connectivity index (χ1n) is 9.04. The number of carbonyl (C=O) groups excluding carboxylic acids is 1. The standard InChI is InChI=1S/C19H13N7O5S/c27-17-11-32-19(21-17)22-20-9-13-10-24(23-18(13)12-4-2-1-3-5-12)15-7-6-14(25(28)29)8-16(15)26(30)31/h1-10H,11H2,(H,21,22,27)/b20-9+. The summed E-state index contributed by atoms with van der Waals surface area (Å²) in [6.45, 7) is 0. The van der Waals surface area contributed by atoms with Crippen molar-refractivity contribution in [3.8, 4) is 16.9 Å². The van der Waals surface area contributed by atoms with Crippen LogP contribution in [0.15, 0.2) is 64.9 Å². The van der Waals surface area contributed by atoms with Crippen molar-refractivity contribution < 1.29 is 14.6 Å². The van der Waals surface area contributed by atoms with Crippen LogP contribution in [0.2, 0.25) is 0 Å². The third-order valence-corrected chi connectivity index (χ3v) is 5.20. The molecule has 3 aromatic rings. The molecule has 1 aromatic heterocycles. The second-order valence-corrected chi connectivity index (χ2v) is 7.38. The van der Waals surface area contributed by atoms with Gasteiger partial charge < -0.3 is 5.32 Å². The first-order valence-corrected chi connectivity index (χ1v) is 10.0. The number of thioether (sulfide) groups is 1. The molecule has 0 bridgehead atoms. The molecule has 1 aliphatic heterocycles. The summed E-state index contributed by atoms with van der Waals surface area (Å²) < 4.78 is 1.27. The van der Waals surface area contributed by atoms with E-state index in [-0.39, 0.29) is 17.3 Å². The maximum Gasteiger partial charge on any atom is 0.301 e. The lowest BCUT2D eigenvalue weighted by atomic mass is 10.1. The van der Waals surface area contributed by atoms with Crippen LogP contribution in [0.1, 0.15) is 5.56 Å². The van der Waals surface area contributed by atoms with Gasteiger partial charge in [-0.1, -0.05) is 42.1 Å². The molecule has 0 saturated carbocycles. The summed E-state index contributed by atoms with van der Waals surface area (Å²) in [6, 6.07) is 12.4. The van der Waals surface area contributed by atoms with Gasteiger partial charge in [0.25, 0.3) is 5.69 Å². The van der Waals surface area contributed by atoms with E-state index >= 15 is 0 Å². The molecule has 12 nitrogen and oxygen atoms in total. The predicted molar refractivity (Wildman–Crippen MR) is 118 cm³/mol. The molecule has 2 heterocycles. The molecule has 0 aliphatic carbocycles. The number of amidine groups is 1. The number of aromatic nitrogens is 2. The van der Waals surface area contributed by atoms with Crippen LogP contribution in [0.3, 0.4) is 0 Å². The largest absolute Gasteiger partial charge is 0.303 e. The number of nitrogens with zero attached hydrogens (tertiary/aromatic N) is 6. The van der Waals surface area contributed by atoms with Crippen molar-refractivity contribution in [1.29, 1.82) is 0 Å². The smallest absolute Gasteiger partial charge is 0.301 e. The van der Waals surface area contributed by atoms with Crippen molar-refractivity contribution in [2.45, 2.75) is 0 Å². The molecule has 0 unspecified atom stereocenters. The second-order valence-electron chi connectivity index (χ2n) is 6.42. The van der Waals surface area contributed by atoms with E-state index in [2.05, 4.69) is 20.6 Å². The van der Waals surface area contributed by atoms with Gasteiger partial charge in [-0.15, -0.1) is 5.10 Å². The summed E-state index contributed by atoms with van der Waals surface area (Å²) in [5.74, 6) is 0.109. The van der Waals surface area contributed by atoms with Crippen LogP contribution in [-0.4, -0.2) is 42.7 Å². The SMILES string of the molecule is O=C1CS/C(=N/N=C/c2cn(-c3ccc([N+](=O)[O-])cc3[N+](=O)[O-])nc2-c2ccccc2)N1. The van der Waals surface area contributed by atoms with Gasteiger partial charge in [0.2, 0.25) is 5.91 Å². The lowest BCUT2D eigenvalue weighted by Crippen LogP contribution is -2.19. The highest BCUT2D eigenvalue weighted by Gasteiger charge is 2.23. The number of nitrogens with one attached hydrogen (secondary N) is 1. The van der Waals surface area contributed by atoms with Gasteiger partial charge in [-0.25, -0.2) is 4.68 Å². The van der Waals surface area contributed by atoms with Crippen LogP contribution in [0.4, 0.5) is 11.4 Å². The van der Waals surface area contributed by atoms with Crippen molar-refractivity contribution in [2.75, 3.05) is 5.75 Å². The van der Waals surface area contributed by atoms with E-state index in [0.29, 0.717) is 16.4 Å². The fourth-order valence-corrected chi connectivity index (χ4v) is 3.54. The highest BCUT2D eigenvalue weighted by Crippen LogP contribution is 2.30. The summed E-state index contributed by atoms with van der Waals surface area (Å²) >= 11 is 1.22. The zero-order valence-electron chi connectivity index (χ0n) is 16.1. The molecule has 0 atom stereocenters. The molecule has 1 amide bonds. The number of nitro groups is 2. The Morgan fingerprint density at radius 3 is 2.56 bits per heavy atom. The van der Waals surface area contributed by atoms with E-state index in [0.717, 1.165) is 11.6 Å². The highest BCUT2D eigenvalue weighted by molar-refractivity contribution is 8.15. The minimum atomic E-state index is -0.702. The van der Waals surface area contributed by atoms with Gasteiger partial charge in [0, 0.05) is 23.4 Å². The Morgan fingerprint density at radius 2 is 1.91 bits per heavy atom. The fourth-order valence-electron chi connectivity index (χ4n) is 2.91. The molecule has 2 aromatic carbocycles. The Balaban J connectivity index is 1.79. The molecule has 0 radical (unpaired) electrons. The van der Waals surface area contributed by atoms with Gasteiger partial charge in [-0.2, -0.15) is 10.2 Å². The van der Waals surface area contributed by atoms with Crippen molar-refractivity contribution in [1.82, 2.24) is 15.1 Å². The molecule has 1 fully saturated rings. The maximum atomic E-state index is 11.5. The molecule has 1 N–H and O–H groups in total. The first kappa shape index (κ1) is 20.9. The van der Waals surface area contributed by atoms with Gasteiger partial charge in [-0.05, 0) is 6.07 Å². The van der Waals surface area contributed by atoms with Crippen LogP contribution in [0.5, 0.6) is 0 Å². The van der Waals surface area contributed by atoms with E-state index < -0.39 is 21.2 Å². The van der Waals surface area contributed by atoms with Crippen molar-refractivity contribution in [2.24, 2.45) is 10.2 Å². The Morgan fingerprint density at radius 1 is 1.12 bits per heavy atom. The van der Waals surface area contributed by atoms with E-state index in [9.17, 15) is 25.0 Å². The number of benzene rings is 2. The molecule has 32 heavy (non-hydrogen) atoms. The molecular weight excluding hydrogens is 438 g/mol. The number of non-ortho nitro benzene ring substituents is 1. The van der Waals surface area contributed by atoms with E-state index in [1.807, 2.05) is 30.3 Å². The Hall–Kier alpha value is -4.39. The lowest BCUT2D eigenvalue weighted by Gasteiger charge is -2.03. The summed E-state index contributed by atoms with van der Waals surface area (Å²) in [4.78, 5) is 32.4. The number of carbonyl (C=O) groups is 1. The minimum Gasteiger partial charge on any atom is -0.303 e. The molecular formula is C19H13N7O5S. The van der Waals surface area contributed by atoms with Crippen molar-refractivity contribution in [3.63, 3.8) is 0 Å². The van der Waals surface area contributed by atoms with E-state index in [1.54, 1.807) is 0 Å². The maximum absolute atomic E-state index is 11.5. The summed E-state index contributed by atoms with van der Waals surface area (Å²) in [7, 11) is 0. The molecule has 0 spiro atoms. The monoisotopic (exact) mass is 451 g/mol. The third-order valence-electron chi connectivity index (χ3n) is 4.33. The highest BCUT2D eigenvalue weighted by atomic mass is 32.2. The Labute approximate surface area is 184 Å². The third kappa shape index (κ3) is 4.37. The average molecular weight is 451 g/mol. The molecule has 160 valence electrons. The zero-order chi connectivity index (χ0) is 22.7. The van der Waals surface area contributed by atoms with Gasteiger partial charge in [0.05, 0.1) is 27.9 Å². The number of nitro benzene ring substituents is 2. The minimum absolute atomic E-state index is 0.0577. The molecule has 1 saturated heterocycles. The van der Waals surface area contributed by atoms with E-state index in [4.69, 9.17) is 0 Å². The topological polar surface area (TPSA) is 158 Å². The van der Waals surface area contributed by atoms with Crippen LogP contribution < -0.4 is 5.32 Å². The van der Waals surface area contributed by atoms with Crippen LogP contribution in [0.25, 0.3) is 16.9 Å². The zero-order valence-corrected chi connectivity index (χ0v) is 16.9. The van der Waals surface area contributed by atoms with Crippen molar-refractivity contribution >= 4 is 40.4 Å². The quantitative estimate of drug-likeness (QED) is 0.343. The Bertz CT molecular complexity index is 1290. The molecule has 4 rings (SSSR count). The van der Waals surface area contributed by atoms with Gasteiger partial charge in [0.15, 0.2) is 5.17 Å². The van der Waals surface area contributed by atoms with Gasteiger partial charge in [0.1, 0.15) is 11.4 Å². The van der Waals surface area contributed by atoms with Gasteiger partial charge in [-0.3, -0.25) is 25.0 Å². The van der Waals surface area contributed by atoms with E-state index in [1.165, 1.54) is 41.0 Å². The number of amides is 1. The summed E-state index contributed by atoms with van der Waals surface area (Å²) in [6.07, 6.45) is 2.93. The second kappa shape index (κ2) is 8.77. The van der Waals surface area contributed by atoms with Crippen LogP contribution >= 0.6 is 11.8 Å². The molecule has 1 aliphatic rings.